The standard InChI is InChI=1S/C14H25NO3/c1-4-6-7-8-12(14(17)18)11(3)10-13(16)15-9-5-2/h5,11-12H,2,4,6-10H2,1,3H3,(H,15,16)(H,17,18)/t11-,12-/m0/s1. The first-order valence-corrected chi connectivity index (χ1v) is 6.63. The zero-order chi connectivity index (χ0) is 14.0. The van der Waals surface area contributed by atoms with Gasteiger partial charge in [-0.1, -0.05) is 39.2 Å². The lowest BCUT2D eigenvalue weighted by Gasteiger charge is -2.19. The molecule has 0 aromatic carbocycles. The number of rotatable bonds is 10. The molecule has 0 aliphatic rings. The lowest BCUT2D eigenvalue weighted by atomic mass is 9.86. The third kappa shape index (κ3) is 7.09. The SMILES string of the molecule is C=CCNC(=O)C[C@H](C)[C@H](CCCCC)C(=O)O. The van der Waals surface area contributed by atoms with Crippen LogP contribution >= 0.6 is 0 Å². The Bertz CT molecular complexity index is 276. The van der Waals surface area contributed by atoms with Gasteiger partial charge in [0.1, 0.15) is 0 Å². The third-order valence-corrected chi connectivity index (χ3v) is 3.07. The molecule has 0 aromatic rings. The summed E-state index contributed by atoms with van der Waals surface area (Å²) in [5.74, 6) is -1.46. The average molecular weight is 255 g/mol. The molecule has 0 saturated carbocycles. The molecule has 0 aromatic heterocycles. The van der Waals surface area contributed by atoms with Crippen molar-refractivity contribution in [1.82, 2.24) is 5.32 Å². The van der Waals surface area contributed by atoms with E-state index in [9.17, 15) is 14.7 Å². The zero-order valence-corrected chi connectivity index (χ0v) is 11.4. The summed E-state index contributed by atoms with van der Waals surface area (Å²) in [7, 11) is 0. The van der Waals surface area contributed by atoms with Gasteiger partial charge in [-0.2, -0.15) is 0 Å². The molecular formula is C14H25NO3. The van der Waals surface area contributed by atoms with Gasteiger partial charge in [-0.15, -0.1) is 6.58 Å². The number of amides is 1. The molecule has 0 saturated heterocycles. The van der Waals surface area contributed by atoms with Crippen molar-refractivity contribution < 1.29 is 14.7 Å². The van der Waals surface area contributed by atoms with E-state index in [0.717, 1.165) is 19.3 Å². The smallest absolute Gasteiger partial charge is 0.306 e. The molecule has 104 valence electrons. The highest BCUT2D eigenvalue weighted by molar-refractivity contribution is 5.77. The Hall–Kier alpha value is -1.32. The minimum atomic E-state index is -0.796. The van der Waals surface area contributed by atoms with Crippen LogP contribution in [-0.4, -0.2) is 23.5 Å². The van der Waals surface area contributed by atoms with Crippen LogP contribution in [0.4, 0.5) is 0 Å². The van der Waals surface area contributed by atoms with Gasteiger partial charge in [0.15, 0.2) is 0 Å². The Labute approximate surface area is 109 Å². The van der Waals surface area contributed by atoms with Crippen LogP contribution in [0, 0.1) is 11.8 Å². The van der Waals surface area contributed by atoms with Gasteiger partial charge < -0.3 is 10.4 Å². The molecule has 0 rings (SSSR count). The Morgan fingerprint density at radius 1 is 1.39 bits per heavy atom. The molecule has 0 fully saturated rings. The molecule has 0 unspecified atom stereocenters. The number of carboxylic acid groups (broad SMARTS) is 1. The Balaban J connectivity index is 4.20. The van der Waals surface area contributed by atoms with Gasteiger partial charge >= 0.3 is 5.97 Å². The van der Waals surface area contributed by atoms with Gasteiger partial charge in [0, 0.05) is 13.0 Å². The number of nitrogens with one attached hydrogen (secondary N) is 1. The second kappa shape index (κ2) is 9.68. The van der Waals surface area contributed by atoms with E-state index in [-0.39, 0.29) is 18.2 Å². The molecule has 0 radical (unpaired) electrons. The van der Waals surface area contributed by atoms with E-state index < -0.39 is 11.9 Å². The first-order chi connectivity index (χ1) is 8.52. The van der Waals surface area contributed by atoms with Crippen molar-refractivity contribution in [1.29, 1.82) is 0 Å². The molecule has 18 heavy (non-hydrogen) atoms. The van der Waals surface area contributed by atoms with Gasteiger partial charge in [-0.05, 0) is 12.3 Å². The maximum Gasteiger partial charge on any atom is 0.306 e. The lowest BCUT2D eigenvalue weighted by molar-refractivity contribution is -0.144. The van der Waals surface area contributed by atoms with E-state index >= 15 is 0 Å². The zero-order valence-electron chi connectivity index (χ0n) is 11.4. The van der Waals surface area contributed by atoms with Gasteiger partial charge in [-0.25, -0.2) is 0 Å². The van der Waals surface area contributed by atoms with E-state index in [1.807, 2.05) is 6.92 Å². The van der Waals surface area contributed by atoms with E-state index in [2.05, 4.69) is 18.8 Å². The Kier molecular flexibility index (Phi) is 8.97. The molecule has 1 amide bonds. The number of hydrogen-bond acceptors (Lipinski definition) is 2. The van der Waals surface area contributed by atoms with Crippen LogP contribution < -0.4 is 5.32 Å². The summed E-state index contributed by atoms with van der Waals surface area (Å²) in [6, 6.07) is 0. The summed E-state index contributed by atoms with van der Waals surface area (Å²) in [6.45, 7) is 7.86. The first-order valence-electron chi connectivity index (χ1n) is 6.63. The summed E-state index contributed by atoms with van der Waals surface area (Å²) >= 11 is 0. The van der Waals surface area contributed by atoms with Gasteiger partial charge in [0.25, 0.3) is 0 Å². The number of carboxylic acids is 1. The number of carbonyl (C=O) groups excluding carboxylic acids is 1. The minimum Gasteiger partial charge on any atom is -0.481 e. The summed E-state index contributed by atoms with van der Waals surface area (Å²) < 4.78 is 0. The highest BCUT2D eigenvalue weighted by atomic mass is 16.4. The van der Waals surface area contributed by atoms with Crippen molar-refractivity contribution >= 4 is 11.9 Å². The average Bonchev–Trinajstić information content (AvgIpc) is 2.31. The fraction of sp³-hybridized carbons (Fsp3) is 0.714. The quantitative estimate of drug-likeness (QED) is 0.466. The Morgan fingerprint density at radius 2 is 2.06 bits per heavy atom. The molecule has 4 nitrogen and oxygen atoms in total. The van der Waals surface area contributed by atoms with Gasteiger partial charge in [0.2, 0.25) is 5.91 Å². The normalized spacial score (nSPS) is 13.7. The van der Waals surface area contributed by atoms with Crippen molar-refractivity contribution in [3.05, 3.63) is 12.7 Å². The number of carbonyl (C=O) groups is 2. The van der Waals surface area contributed by atoms with Gasteiger partial charge in [-0.3, -0.25) is 9.59 Å². The van der Waals surface area contributed by atoms with Crippen LogP contribution in [0.15, 0.2) is 12.7 Å². The summed E-state index contributed by atoms with van der Waals surface area (Å²) in [5.41, 5.74) is 0. The largest absolute Gasteiger partial charge is 0.481 e. The summed E-state index contributed by atoms with van der Waals surface area (Å²) in [6.07, 6.45) is 5.54. The molecule has 4 heteroatoms. The Morgan fingerprint density at radius 3 is 2.56 bits per heavy atom. The van der Waals surface area contributed by atoms with Crippen molar-refractivity contribution in [2.45, 2.75) is 46.0 Å². The van der Waals surface area contributed by atoms with Crippen LogP contribution in [0.2, 0.25) is 0 Å². The summed E-state index contributed by atoms with van der Waals surface area (Å²) in [4.78, 5) is 22.7. The highest BCUT2D eigenvalue weighted by Gasteiger charge is 2.25. The number of unbranched alkanes of at least 4 members (excludes halogenated alkanes) is 2. The maximum absolute atomic E-state index is 11.5. The van der Waals surface area contributed by atoms with Crippen LogP contribution in [0.25, 0.3) is 0 Å². The molecule has 2 N–H and O–H groups in total. The number of aliphatic carboxylic acids is 1. The monoisotopic (exact) mass is 255 g/mol. The first kappa shape index (κ1) is 16.7. The molecule has 0 aliphatic carbocycles. The van der Waals surface area contributed by atoms with Crippen molar-refractivity contribution in [2.24, 2.45) is 11.8 Å². The topological polar surface area (TPSA) is 66.4 Å². The predicted octanol–water partition coefficient (Wildman–Crippen LogP) is 2.60. The second-order valence-electron chi connectivity index (χ2n) is 4.71. The third-order valence-electron chi connectivity index (χ3n) is 3.07. The molecule has 0 spiro atoms. The van der Waals surface area contributed by atoms with Crippen LogP contribution in [-0.2, 0) is 9.59 Å². The van der Waals surface area contributed by atoms with Crippen molar-refractivity contribution in [3.8, 4) is 0 Å². The van der Waals surface area contributed by atoms with Crippen LogP contribution in [0.5, 0.6) is 0 Å². The van der Waals surface area contributed by atoms with Crippen LogP contribution in [0.1, 0.15) is 46.0 Å². The molecule has 2 atom stereocenters. The number of hydrogen-bond donors (Lipinski definition) is 2. The maximum atomic E-state index is 11.5. The van der Waals surface area contributed by atoms with Crippen molar-refractivity contribution in [2.75, 3.05) is 6.54 Å². The molecule has 0 bridgehead atoms. The minimum absolute atomic E-state index is 0.107. The fourth-order valence-corrected chi connectivity index (χ4v) is 1.96. The van der Waals surface area contributed by atoms with Crippen molar-refractivity contribution in [3.63, 3.8) is 0 Å². The van der Waals surface area contributed by atoms with Gasteiger partial charge in [0.05, 0.1) is 5.92 Å². The van der Waals surface area contributed by atoms with E-state index in [4.69, 9.17) is 0 Å². The van der Waals surface area contributed by atoms with Crippen LogP contribution in [0.3, 0.4) is 0 Å². The van der Waals surface area contributed by atoms with E-state index in [1.54, 1.807) is 6.08 Å². The van der Waals surface area contributed by atoms with E-state index in [1.165, 1.54) is 0 Å². The van der Waals surface area contributed by atoms with E-state index in [0.29, 0.717) is 13.0 Å². The molecular weight excluding hydrogens is 230 g/mol. The molecule has 0 aliphatic heterocycles. The lowest BCUT2D eigenvalue weighted by Crippen LogP contribution is -2.29. The predicted molar refractivity (Wildman–Crippen MR) is 72.3 cm³/mol. The highest BCUT2D eigenvalue weighted by Crippen LogP contribution is 2.22. The molecule has 0 heterocycles. The fourth-order valence-electron chi connectivity index (χ4n) is 1.96. The second-order valence-corrected chi connectivity index (χ2v) is 4.71. The summed E-state index contributed by atoms with van der Waals surface area (Å²) in [5, 5.41) is 11.9.